The van der Waals surface area contributed by atoms with E-state index in [0.29, 0.717) is 37.7 Å². The first kappa shape index (κ1) is 29.7. The smallest absolute Gasteiger partial charge is 0.244 e. The lowest BCUT2D eigenvalue weighted by molar-refractivity contribution is -0.117. The zero-order chi connectivity index (χ0) is 30.5. The highest BCUT2D eigenvalue weighted by atomic mass is 16.5. The first-order valence-electron chi connectivity index (χ1n) is 15.0. The maximum atomic E-state index is 12.9. The van der Waals surface area contributed by atoms with Crippen LogP contribution in [0.1, 0.15) is 11.3 Å². The molecule has 2 aromatic rings. The number of pyridine rings is 1. The van der Waals surface area contributed by atoms with Gasteiger partial charge in [-0.05, 0) is 56.6 Å². The number of carbonyl (C=O) groups is 2. The summed E-state index contributed by atoms with van der Waals surface area (Å²) < 4.78 is 5.50. The van der Waals surface area contributed by atoms with Crippen LogP contribution in [0.2, 0.25) is 0 Å². The van der Waals surface area contributed by atoms with Gasteiger partial charge in [0.05, 0.1) is 31.4 Å². The Balaban J connectivity index is 0.990. The molecule has 0 bridgehead atoms. The van der Waals surface area contributed by atoms with Gasteiger partial charge in [-0.15, -0.1) is 0 Å². The van der Waals surface area contributed by atoms with Crippen molar-refractivity contribution < 1.29 is 14.3 Å². The molecule has 2 fully saturated rings. The van der Waals surface area contributed by atoms with Crippen molar-refractivity contribution in [2.45, 2.75) is 24.7 Å². The molecule has 12 nitrogen and oxygen atoms in total. The number of aliphatic imine (C=N–C) groups is 2. The highest BCUT2D eigenvalue weighted by molar-refractivity contribution is 6.03. The molecule has 0 saturated carbocycles. The van der Waals surface area contributed by atoms with Crippen LogP contribution in [-0.4, -0.2) is 117 Å². The third-order valence-corrected chi connectivity index (χ3v) is 7.96. The van der Waals surface area contributed by atoms with Crippen molar-refractivity contribution in [3.63, 3.8) is 0 Å². The largest absolute Gasteiger partial charge is 0.379 e. The number of amides is 2. The molecule has 1 aromatic heterocycles. The van der Waals surface area contributed by atoms with E-state index in [1.807, 2.05) is 73.8 Å². The van der Waals surface area contributed by atoms with Gasteiger partial charge in [0.25, 0.3) is 0 Å². The van der Waals surface area contributed by atoms with Gasteiger partial charge < -0.3 is 30.5 Å². The summed E-state index contributed by atoms with van der Waals surface area (Å²) in [5.74, 6) is 0.586. The van der Waals surface area contributed by atoms with E-state index in [4.69, 9.17) is 14.7 Å². The number of anilines is 2. The second kappa shape index (κ2) is 13.5. The van der Waals surface area contributed by atoms with Crippen molar-refractivity contribution in [2.24, 2.45) is 9.98 Å². The predicted molar refractivity (Wildman–Crippen MR) is 171 cm³/mol. The number of allylic oxidation sites excluding steroid dienone is 1. The summed E-state index contributed by atoms with van der Waals surface area (Å²) in [7, 11) is 3.92. The molecule has 4 aliphatic heterocycles. The minimum absolute atomic E-state index is 0.0292. The average Bonchev–Trinajstić information content (AvgIpc) is 3.44. The lowest BCUT2D eigenvalue weighted by atomic mass is 10.1. The first-order chi connectivity index (χ1) is 21.4. The van der Waals surface area contributed by atoms with E-state index in [2.05, 4.69) is 30.7 Å². The molecule has 5 heterocycles. The van der Waals surface area contributed by atoms with E-state index < -0.39 is 0 Å². The maximum absolute atomic E-state index is 12.9. The van der Waals surface area contributed by atoms with Gasteiger partial charge in [0.1, 0.15) is 18.0 Å². The number of likely N-dealkylation sites (N-methyl/N-ethyl adjacent to an activating group) is 1. The minimum Gasteiger partial charge on any atom is -0.379 e. The SMILES string of the molecule is CN(C)C/C=C/C(=O)NC1CN(c2ccnc(CC(=O)Nc3ccc(C4=NC5C(=CC=NC5N5CCOCC5)N4)cc3)c2)C1. The number of ether oxygens (including phenoxy) is 1. The molecule has 1 aromatic carbocycles. The van der Waals surface area contributed by atoms with E-state index in [1.165, 1.54) is 0 Å². The third-order valence-electron chi connectivity index (χ3n) is 7.96. The fourth-order valence-corrected chi connectivity index (χ4v) is 5.64. The van der Waals surface area contributed by atoms with Crippen molar-refractivity contribution in [2.75, 3.05) is 70.2 Å². The fraction of sp³-hybridized carbons (Fsp3) is 0.406. The number of hydrogen-bond donors (Lipinski definition) is 3. The van der Waals surface area contributed by atoms with E-state index in [1.54, 1.807) is 12.3 Å². The monoisotopic (exact) mass is 597 g/mol. The summed E-state index contributed by atoms with van der Waals surface area (Å²) in [4.78, 5) is 45.5. The number of amidine groups is 1. The number of benzene rings is 1. The van der Waals surface area contributed by atoms with Gasteiger partial charge in [-0.2, -0.15) is 0 Å². The van der Waals surface area contributed by atoms with Crippen LogP contribution in [0.3, 0.4) is 0 Å². The van der Waals surface area contributed by atoms with Crippen LogP contribution in [0, 0.1) is 0 Å². The molecule has 6 rings (SSSR count). The second-order valence-electron chi connectivity index (χ2n) is 11.6. The van der Waals surface area contributed by atoms with Crippen LogP contribution in [0.25, 0.3) is 0 Å². The lowest BCUT2D eigenvalue weighted by Crippen LogP contribution is -2.59. The van der Waals surface area contributed by atoms with Gasteiger partial charge in [0.15, 0.2) is 0 Å². The number of nitrogens with one attached hydrogen (secondary N) is 3. The van der Waals surface area contributed by atoms with Crippen LogP contribution in [-0.2, 0) is 20.7 Å². The van der Waals surface area contributed by atoms with Crippen molar-refractivity contribution in [3.05, 3.63) is 77.8 Å². The lowest BCUT2D eigenvalue weighted by Gasteiger charge is -2.41. The number of rotatable bonds is 10. The molecule has 2 atom stereocenters. The number of morpholine rings is 1. The molecular formula is C32H39N9O3. The molecule has 0 radical (unpaired) electrons. The quantitative estimate of drug-likeness (QED) is 0.347. The van der Waals surface area contributed by atoms with Crippen LogP contribution in [0.4, 0.5) is 11.4 Å². The predicted octanol–water partition coefficient (Wildman–Crippen LogP) is 1.03. The van der Waals surface area contributed by atoms with Gasteiger partial charge >= 0.3 is 0 Å². The topological polar surface area (TPSA) is 127 Å². The molecule has 230 valence electrons. The van der Waals surface area contributed by atoms with Gasteiger partial charge in [-0.3, -0.25) is 29.5 Å². The molecule has 2 saturated heterocycles. The Hall–Kier alpha value is -4.39. The number of nitrogens with zero attached hydrogens (tertiary/aromatic N) is 6. The summed E-state index contributed by atoms with van der Waals surface area (Å²) in [6.45, 7) is 5.28. The van der Waals surface area contributed by atoms with Gasteiger partial charge in [0, 0.05) is 73.8 Å². The molecule has 4 aliphatic rings. The Morgan fingerprint density at radius 2 is 1.93 bits per heavy atom. The van der Waals surface area contributed by atoms with Crippen LogP contribution >= 0.6 is 0 Å². The Kier molecular flexibility index (Phi) is 9.10. The highest BCUT2D eigenvalue weighted by Crippen LogP contribution is 2.26. The first-order valence-corrected chi connectivity index (χ1v) is 15.0. The zero-order valence-corrected chi connectivity index (χ0v) is 25.1. The third kappa shape index (κ3) is 7.21. The summed E-state index contributed by atoms with van der Waals surface area (Å²) in [6.07, 6.45) is 9.13. The number of dihydropyridines is 1. The normalized spacial score (nSPS) is 21.8. The van der Waals surface area contributed by atoms with Gasteiger partial charge in [0.2, 0.25) is 11.8 Å². The molecule has 3 N–H and O–H groups in total. The summed E-state index contributed by atoms with van der Waals surface area (Å²) in [6, 6.07) is 11.6. The molecule has 0 aliphatic carbocycles. The summed E-state index contributed by atoms with van der Waals surface area (Å²) in [5, 5.41) is 9.46. The van der Waals surface area contributed by atoms with Crippen molar-refractivity contribution in [3.8, 4) is 0 Å². The van der Waals surface area contributed by atoms with Gasteiger partial charge in [-0.25, -0.2) is 0 Å². The van der Waals surface area contributed by atoms with E-state index in [9.17, 15) is 9.59 Å². The van der Waals surface area contributed by atoms with Gasteiger partial charge in [-0.1, -0.05) is 6.08 Å². The molecule has 0 spiro atoms. The van der Waals surface area contributed by atoms with Crippen LogP contribution in [0.5, 0.6) is 0 Å². The zero-order valence-electron chi connectivity index (χ0n) is 25.1. The standard InChI is InChI=1S/C32H39N9O3/c1-39(2)13-3-4-28(42)36-25-20-41(21-25)26-9-11-33-24(18-26)19-29(43)35-23-7-5-22(6-8-23)31-37-27-10-12-34-32(30(27)38-31)40-14-16-44-17-15-40/h3-12,18,25,30,32H,13-17,19-21H2,1-2H3,(H,35,43)(H,36,42)(H,37,38)/b4-3+. The Bertz CT molecular complexity index is 1470. The Labute approximate surface area is 257 Å². The van der Waals surface area contributed by atoms with Crippen LogP contribution < -0.4 is 20.9 Å². The summed E-state index contributed by atoms with van der Waals surface area (Å²) in [5.41, 5.74) is 4.38. The van der Waals surface area contributed by atoms with Crippen molar-refractivity contribution in [1.29, 1.82) is 0 Å². The molecule has 44 heavy (non-hydrogen) atoms. The second-order valence-corrected chi connectivity index (χ2v) is 11.6. The minimum atomic E-state index is -0.140. The van der Waals surface area contributed by atoms with E-state index in [-0.39, 0.29) is 36.5 Å². The van der Waals surface area contributed by atoms with Crippen molar-refractivity contribution in [1.82, 2.24) is 25.4 Å². The summed E-state index contributed by atoms with van der Waals surface area (Å²) >= 11 is 0. The van der Waals surface area contributed by atoms with Crippen LogP contribution in [0.15, 0.2) is 76.5 Å². The molecule has 2 amide bonds. The molecular weight excluding hydrogens is 558 g/mol. The van der Waals surface area contributed by atoms with E-state index in [0.717, 1.165) is 42.4 Å². The fourth-order valence-electron chi connectivity index (χ4n) is 5.64. The molecule has 12 heteroatoms. The highest BCUT2D eigenvalue weighted by Gasteiger charge is 2.36. The number of fused-ring (bicyclic) bond motifs is 1. The average molecular weight is 598 g/mol. The number of hydrogen-bond acceptors (Lipinski definition) is 10. The van der Waals surface area contributed by atoms with E-state index >= 15 is 0 Å². The number of carbonyl (C=O) groups excluding carboxylic acids is 2. The van der Waals surface area contributed by atoms with Crippen molar-refractivity contribution >= 4 is 35.2 Å². The maximum Gasteiger partial charge on any atom is 0.244 e. The molecule has 2 unspecified atom stereocenters. The Morgan fingerprint density at radius 3 is 2.70 bits per heavy atom. The number of aromatic nitrogens is 1. The Morgan fingerprint density at radius 1 is 1.14 bits per heavy atom.